The Kier molecular flexibility index (Phi) is 5.03. The van der Waals surface area contributed by atoms with Crippen molar-refractivity contribution in [3.8, 4) is 0 Å². The molecule has 2 unspecified atom stereocenters. The first kappa shape index (κ1) is 15.5. The van der Waals surface area contributed by atoms with Gasteiger partial charge in [-0.05, 0) is 56.1 Å². The van der Waals surface area contributed by atoms with Crippen molar-refractivity contribution in [3.63, 3.8) is 0 Å². The van der Waals surface area contributed by atoms with Gasteiger partial charge in [0.2, 0.25) is 0 Å². The summed E-state index contributed by atoms with van der Waals surface area (Å²) in [6.07, 6.45) is 9.81. The summed E-state index contributed by atoms with van der Waals surface area (Å²) in [7, 11) is 0. The molecule has 116 valence electrons. The lowest BCUT2D eigenvalue weighted by molar-refractivity contribution is -0.0466. The number of aliphatic hydroxyl groups is 1. The zero-order valence-electron chi connectivity index (χ0n) is 12.6. The fourth-order valence-corrected chi connectivity index (χ4v) is 4.46. The first-order chi connectivity index (χ1) is 10.2. The van der Waals surface area contributed by atoms with Crippen molar-refractivity contribution in [3.05, 3.63) is 34.3 Å². The van der Waals surface area contributed by atoms with Crippen LogP contribution in [-0.2, 0) is 11.2 Å². The predicted octanol–water partition coefficient (Wildman–Crippen LogP) is 4.48. The molecule has 1 saturated carbocycles. The minimum atomic E-state index is 0.206. The maximum atomic E-state index is 9.72. The standard InChI is InChI=1S/C18H25BrO2/c19-17-6-2-1-5-15(17)11-14(13-20)12-16-7-10-18(21-16)8-3-4-9-18/h1-2,5-6,14,16,20H,3-4,7-13H2. The third kappa shape index (κ3) is 3.69. The molecule has 1 spiro atoms. The van der Waals surface area contributed by atoms with Crippen molar-refractivity contribution in [2.45, 2.75) is 63.1 Å². The minimum absolute atomic E-state index is 0.206. The summed E-state index contributed by atoms with van der Waals surface area (Å²) in [5.41, 5.74) is 1.49. The summed E-state index contributed by atoms with van der Waals surface area (Å²) in [6, 6.07) is 8.31. The van der Waals surface area contributed by atoms with Crippen molar-refractivity contribution in [2.75, 3.05) is 6.61 Å². The van der Waals surface area contributed by atoms with Crippen molar-refractivity contribution >= 4 is 15.9 Å². The van der Waals surface area contributed by atoms with Gasteiger partial charge in [0, 0.05) is 11.1 Å². The second-order valence-electron chi connectivity index (χ2n) is 6.75. The molecule has 3 rings (SSSR count). The normalized spacial score (nSPS) is 25.5. The summed E-state index contributed by atoms with van der Waals surface area (Å²) in [4.78, 5) is 0. The van der Waals surface area contributed by atoms with E-state index in [1.165, 1.54) is 44.1 Å². The largest absolute Gasteiger partial charge is 0.396 e. The van der Waals surface area contributed by atoms with Gasteiger partial charge in [0.15, 0.2) is 0 Å². The number of rotatable bonds is 5. The topological polar surface area (TPSA) is 29.5 Å². The van der Waals surface area contributed by atoms with E-state index in [2.05, 4.69) is 34.1 Å². The van der Waals surface area contributed by atoms with Crippen LogP contribution in [-0.4, -0.2) is 23.4 Å². The molecule has 0 radical (unpaired) electrons. The molecule has 1 aromatic rings. The van der Waals surface area contributed by atoms with Crippen LogP contribution in [0.15, 0.2) is 28.7 Å². The number of hydrogen-bond donors (Lipinski definition) is 1. The van der Waals surface area contributed by atoms with E-state index in [4.69, 9.17) is 4.74 Å². The van der Waals surface area contributed by atoms with Crippen LogP contribution < -0.4 is 0 Å². The van der Waals surface area contributed by atoms with Crippen LogP contribution >= 0.6 is 15.9 Å². The molecule has 1 heterocycles. The Morgan fingerprint density at radius 1 is 1.24 bits per heavy atom. The maximum Gasteiger partial charge on any atom is 0.0687 e. The van der Waals surface area contributed by atoms with Crippen molar-refractivity contribution in [1.29, 1.82) is 0 Å². The Balaban J connectivity index is 1.57. The zero-order valence-corrected chi connectivity index (χ0v) is 14.1. The summed E-state index contributed by atoms with van der Waals surface area (Å²) in [6.45, 7) is 0.244. The van der Waals surface area contributed by atoms with Gasteiger partial charge >= 0.3 is 0 Å². The molecule has 3 heteroatoms. The lowest BCUT2D eigenvalue weighted by Gasteiger charge is -2.25. The second kappa shape index (κ2) is 6.80. The average Bonchev–Trinajstić information content (AvgIpc) is 3.11. The van der Waals surface area contributed by atoms with Crippen LogP contribution in [0.3, 0.4) is 0 Å². The van der Waals surface area contributed by atoms with Gasteiger partial charge < -0.3 is 9.84 Å². The number of benzene rings is 1. The fourth-order valence-electron chi connectivity index (χ4n) is 4.02. The highest BCUT2D eigenvalue weighted by molar-refractivity contribution is 9.10. The fraction of sp³-hybridized carbons (Fsp3) is 0.667. The second-order valence-corrected chi connectivity index (χ2v) is 7.60. The summed E-state index contributed by atoms with van der Waals surface area (Å²) in [5.74, 6) is 0.297. The molecule has 1 saturated heterocycles. The monoisotopic (exact) mass is 352 g/mol. The average molecular weight is 353 g/mol. The smallest absolute Gasteiger partial charge is 0.0687 e. The molecule has 21 heavy (non-hydrogen) atoms. The number of ether oxygens (including phenoxy) is 1. The van der Waals surface area contributed by atoms with E-state index in [0.717, 1.165) is 17.3 Å². The molecule has 1 aliphatic heterocycles. The first-order valence-corrected chi connectivity index (χ1v) is 9.02. The molecule has 2 nitrogen and oxygen atoms in total. The van der Waals surface area contributed by atoms with Crippen LogP contribution in [0.2, 0.25) is 0 Å². The van der Waals surface area contributed by atoms with Gasteiger partial charge in [-0.15, -0.1) is 0 Å². The highest BCUT2D eigenvalue weighted by Gasteiger charge is 2.42. The molecular formula is C18H25BrO2. The highest BCUT2D eigenvalue weighted by atomic mass is 79.9. The van der Waals surface area contributed by atoms with Crippen LogP contribution in [0.5, 0.6) is 0 Å². The van der Waals surface area contributed by atoms with Gasteiger partial charge in [-0.1, -0.05) is 47.0 Å². The lowest BCUT2D eigenvalue weighted by atomic mass is 9.92. The summed E-state index contributed by atoms with van der Waals surface area (Å²) < 4.78 is 7.53. The summed E-state index contributed by atoms with van der Waals surface area (Å²) in [5, 5.41) is 9.72. The summed E-state index contributed by atoms with van der Waals surface area (Å²) >= 11 is 3.60. The Hall–Kier alpha value is -0.380. The Labute approximate surface area is 136 Å². The SMILES string of the molecule is OCC(Cc1ccccc1Br)CC1CCC2(CCCC2)O1. The molecule has 2 fully saturated rings. The third-order valence-corrected chi connectivity index (χ3v) is 5.95. The zero-order chi connectivity index (χ0) is 14.7. The Morgan fingerprint density at radius 2 is 2.00 bits per heavy atom. The van der Waals surface area contributed by atoms with Crippen molar-refractivity contribution < 1.29 is 9.84 Å². The molecule has 2 atom stereocenters. The van der Waals surface area contributed by atoms with Gasteiger partial charge in [-0.3, -0.25) is 0 Å². The molecule has 0 bridgehead atoms. The Morgan fingerprint density at radius 3 is 2.71 bits per heavy atom. The van der Waals surface area contributed by atoms with E-state index >= 15 is 0 Å². The van der Waals surface area contributed by atoms with Crippen LogP contribution in [0.1, 0.15) is 50.5 Å². The van der Waals surface area contributed by atoms with E-state index in [1.54, 1.807) is 0 Å². The maximum absolute atomic E-state index is 9.72. The van der Waals surface area contributed by atoms with Gasteiger partial charge in [0.05, 0.1) is 11.7 Å². The van der Waals surface area contributed by atoms with E-state index in [-0.39, 0.29) is 12.2 Å². The van der Waals surface area contributed by atoms with Gasteiger partial charge in [0.25, 0.3) is 0 Å². The van der Waals surface area contributed by atoms with E-state index in [9.17, 15) is 5.11 Å². The first-order valence-electron chi connectivity index (χ1n) is 8.23. The van der Waals surface area contributed by atoms with E-state index < -0.39 is 0 Å². The molecular weight excluding hydrogens is 328 g/mol. The quantitative estimate of drug-likeness (QED) is 0.846. The van der Waals surface area contributed by atoms with E-state index in [1.807, 2.05) is 6.07 Å². The van der Waals surface area contributed by atoms with Gasteiger partial charge in [0.1, 0.15) is 0 Å². The molecule has 2 aliphatic rings. The van der Waals surface area contributed by atoms with E-state index in [0.29, 0.717) is 12.0 Å². The van der Waals surface area contributed by atoms with Gasteiger partial charge in [-0.2, -0.15) is 0 Å². The molecule has 1 N–H and O–H groups in total. The van der Waals surface area contributed by atoms with Crippen LogP contribution in [0.4, 0.5) is 0 Å². The predicted molar refractivity (Wildman–Crippen MR) is 88.3 cm³/mol. The van der Waals surface area contributed by atoms with Crippen LogP contribution in [0, 0.1) is 5.92 Å². The van der Waals surface area contributed by atoms with Gasteiger partial charge in [-0.25, -0.2) is 0 Å². The number of hydrogen-bond acceptors (Lipinski definition) is 2. The number of aliphatic hydroxyl groups excluding tert-OH is 1. The highest BCUT2D eigenvalue weighted by Crippen LogP contribution is 2.44. The Bertz CT molecular complexity index is 468. The van der Waals surface area contributed by atoms with Crippen molar-refractivity contribution in [2.24, 2.45) is 5.92 Å². The van der Waals surface area contributed by atoms with Crippen molar-refractivity contribution in [1.82, 2.24) is 0 Å². The van der Waals surface area contributed by atoms with Crippen LogP contribution in [0.25, 0.3) is 0 Å². The molecule has 1 aliphatic carbocycles. The molecule has 0 amide bonds. The third-order valence-electron chi connectivity index (χ3n) is 5.17. The lowest BCUT2D eigenvalue weighted by Crippen LogP contribution is -2.26. The molecule has 0 aromatic heterocycles. The molecule has 1 aromatic carbocycles. The number of halogens is 1. The minimum Gasteiger partial charge on any atom is -0.396 e.